The number of Topliss-reactive ketones (excluding diaryl/α,β-unsaturated/α-hetero) is 1. The Morgan fingerprint density at radius 3 is 2.52 bits per heavy atom. The number of alkyl halides is 3. The highest BCUT2D eigenvalue weighted by Gasteiger charge is 2.32. The molecule has 0 bridgehead atoms. The van der Waals surface area contributed by atoms with Gasteiger partial charge in [0.25, 0.3) is 5.56 Å². The first-order chi connectivity index (χ1) is 12.6. The lowest BCUT2D eigenvalue weighted by Gasteiger charge is -2.15. The third kappa shape index (κ3) is 3.88. The Labute approximate surface area is 150 Å². The molecule has 3 rings (SSSR count). The third-order valence-corrected chi connectivity index (χ3v) is 4.12. The second-order valence-electron chi connectivity index (χ2n) is 6.28. The van der Waals surface area contributed by atoms with E-state index in [9.17, 15) is 32.7 Å². The van der Waals surface area contributed by atoms with Crippen LogP contribution >= 0.6 is 0 Å². The minimum absolute atomic E-state index is 0.101. The van der Waals surface area contributed by atoms with Gasteiger partial charge in [-0.05, 0) is 37.8 Å². The lowest BCUT2D eigenvalue weighted by atomic mass is 10.2. The first-order valence-electron chi connectivity index (χ1n) is 8.04. The summed E-state index contributed by atoms with van der Waals surface area (Å²) in [5.74, 6) is -2.00. The summed E-state index contributed by atoms with van der Waals surface area (Å²) in [5, 5.41) is 10.2. The van der Waals surface area contributed by atoms with Crippen LogP contribution in [0.5, 0.6) is 11.6 Å². The van der Waals surface area contributed by atoms with E-state index in [0.29, 0.717) is 4.57 Å². The SMILES string of the molecule is CC(=O)c1c(O)n(CC2CC2)c(=O)n(-c2cccc(OC(F)(F)F)c2)c1=O. The van der Waals surface area contributed by atoms with Gasteiger partial charge in [-0.25, -0.2) is 9.36 Å². The largest absolute Gasteiger partial charge is 0.573 e. The average Bonchev–Trinajstić information content (AvgIpc) is 3.34. The topological polar surface area (TPSA) is 90.5 Å². The van der Waals surface area contributed by atoms with Crippen LogP contribution in [0.15, 0.2) is 33.9 Å². The first kappa shape index (κ1) is 18.7. The summed E-state index contributed by atoms with van der Waals surface area (Å²) >= 11 is 0. The van der Waals surface area contributed by atoms with Crippen molar-refractivity contribution in [3.05, 3.63) is 50.7 Å². The van der Waals surface area contributed by atoms with Crippen LogP contribution in [0.2, 0.25) is 0 Å². The van der Waals surface area contributed by atoms with Crippen LogP contribution < -0.4 is 16.0 Å². The Hall–Kier alpha value is -3.04. The van der Waals surface area contributed by atoms with E-state index >= 15 is 0 Å². The molecule has 0 amide bonds. The number of ketones is 1. The molecule has 1 saturated carbocycles. The number of hydrogen-bond donors (Lipinski definition) is 1. The average molecular weight is 384 g/mol. The Morgan fingerprint density at radius 2 is 1.96 bits per heavy atom. The van der Waals surface area contributed by atoms with E-state index < -0.39 is 40.6 Å². The first-order valence-corrected chi connectivity index (χ1v) is 8.04. The van der Waals surface area contributed by atoms with Crippen molar-refractivity contribution < 1.29 is 27.8 Å². The standard InChI is InChI=1S/C17H15F3N2O5/c1-9(23)13-14(24)21(8-10-5-6-10)16(26)22(15(13)25)11-3-2-4-12(7-11)27-17(18,19)20/h2-4,7,10,24H,5-6,8H2,1H3. The number of carbonyl (C=O) groups is 1. The van der Waals surface area contributed by atoms with Gasteiger partial charge < -0.3 is 9.84 Å². The number of aromatic hydroxyl groups is 1. The summed E-state index contributed by atoms with van der Waals surface area (Å²) in [4.78, 5) is 37.2. The molecule has 0 unspecified atom stereocenters. The summed E-state index contributed by atoms with van der Waals surface area (Å²) in [6.07, 6.45) is -3.29. The lowest BCUT2D eigenvalue weighted by molar-refractivity contribution is -0.274. The molecule has 2 aromatic rings. The van der Waals surface area contributed by atoms with Crippen LogP contribution in [0, 0.1) is 5.92 Å². The van der Waals surface area contributed by atoms with Crippen molar-refractivity contribution in [3.8, 4) is 17.3 Å². The van der Waals surface area contributed by atoms with Gasteiger partial charge in [-0.2, -0.15) is 0 Å². The molecule has 27 heavy (non-hydrogen) atoms. The lowest BCUT2D eigenvalue weighted by Crippen LogP contribution is -2.41. The maximum Gasteiger partial charge on any atom is 0.573 e. The molecule has 0 atom stereocenters. The fourth-order valence-electron chi connectivity index (χ4n) is 2.72. The number of ether oxygens (including phenoxy) is 1. The molecule has 1 aromatic carbocycles. The molecule has 1 aromatic heterocycles. The Morgan fingerprint density at radius 1 is 1.30 bits per heavy atom. The van der Waals surface area contributed by atoms with Crippen molar-refractivity contribution in [1.29, 1.82) is 0 Å². The summed E-state index contributed by atoms with van der Waals surface area (Å²) in [6.45, 7) is 1.15. The summed E-state index contributed by atoms with van der Waals surface area (Å²) in [5.41, 5.74) is -2.86. The Kier molecular flexibility index (Phi) is 4.58. The number of rotatable bonds is 5. The van der Waals surface area contributed by atoms with Crippen LogP contribution in [0.3, 0.4) is 0 Å². The van der Waals surface area contributed by atoms with E-state index in [2.05, 4.69) is 4.74 Å². The smallest absolute Gasteiger partial charge is 0.494 e. The van der Waals surface area contributed by atoms with Gasteiger partial charge in [0.15, 0.2) is 5.78 Å². The molecule has 1 fully saturated rings. The zero-order chi connectivity index (χ0) is 19.9. The molecule has 0 spiro atoms. The van der Waals surface area contributed by atoms with E-state index in [-0.39, 0.29) is 18.2 Å². The molecule has 1 aliphatic rings. The molecular formula is C17H15F3N2O5. The number of nitrogens with zero attached hydrogens (tertiary/aromatic N) is 2. The summed E-state index contributed by atoms with van der Waals surface area (Å²) in [7, 11) is 0. The van der Waals surface area contributed by atoms with Gasteiger partial charge in [0, 0.05) is 12.6 Å². The van der Waals surface area contributed by atoms with Crippen molar-refractivity contribution in [2.45, 2.75) is 32.7 Å². The molecule has 144 valence electrons. The fourth-order valence-corrected chi connectivity index (χ4v) is 2.72. The number of benzene rings is 1. The van der Waals surface area contributed by atoms with E-state index in [1.165, 1.54) is 12.1 Å². The maximum atomic E-state index is 12.7. The molecule has 0 saturated heterocycles. The highest BCUT2D eigenvalue weighted by Crippen LogP contribution is 2.31. The molecule has 1 aliphatic carbocycles. The fraction of sp³-hybridized carbons (Fsp3) is 0.353. The Bertz CT molecular complexity index is 1020. The normalized spacial score (nSPS) is 14.2. The van der Waals surface area contributed by atoms with Crippen molar-refractivity contribution in [2.24, 2.45) is 5.92 Å². The summed E-state index contributed by atoms with van der Waals surface area (Å²) < 4.78 is 42.6. The van der Waals surface area contributed by atoms with Crippen LogP contribution in [-0.4, -0.2) is 26.4 Å². The van der Waals surface area contributed by atoms with E-state index in [1.807, 2.05) is 0 Å². The van der Waals surface area contributed by atoms with Gasteiger partial charge in [0.1, 0.15) is 11.3 Å². The predicted molar refractivity (Wildman–Crippen MR) is 87.4 cm³/mol. The molecule has 0 aliphatic heterocycles. The van der Waals surface area contributed by atoms with Crippen molar-refractivity contribution in [3.63, 3.8) is 0 Å². The van der Waals surface area contributed by atoms with Crippen LogP contribution in [0.1, 0.15) is 30.1 Å². The monoisotopic (exact) mass is 384 g/mol. The Balaban J connectivity index is 2.22. The maximum absolute atomic E-state index is 12.7. The second-order valence-corrected chi connectivity index (χ2v) is 6.28. The van der Waals surface area contributed by atoms with Crippen LogP contribution in [0.4, 0.5) is 13.2 Å². The summed E-state index contributed by atoms with van der Waals surface area (Å²) in [6, 6.07) is 4.28. The number of halogens is 3. The van der Waals surface area contributed by atoms with Crippen molar-refractivity contribution in [1.82, 2.24) is 9.13 Å². The van der Waals surface area contributed by atoms with E-state index in [1.54, 1.807) is 0 Å². The van der Waals surface area contributed by atoms with Gasteiger partial charge in [-0.1, -0.05) is 6.07 Å². The molecule has 10 heteroatoms. The highest BCUT2D eigenvalue weighted by atomic mass is 19.4. The van der Waals surface area contributed by atoms with Gasteiger partial charge in [-0.3, -0.25) is 14.2 Å². The van der Waals surface area contributed by atoms with Crippen LogP contribution in [0.25, 0.3) is 5.69 Å². The quantitative estimate of drug-likeness (QED) is 0.799. The zero-order valence-corrected chi connectivity index (χ0v) is 14.1. The minimum Gasteiger partial charge on any atom is -0.494 e. The number of carbonyl (C=O) groups excluding carboxylic acids is 1. The molecule has 7 nitrogen and oxygen atoms in total. The third-order valence-electron chi connectivity index (χ3n) is 4.12. The predicted octanol–water partition coefficient (Wildman–Crippen LogP) is 2.22. The number of aromatic nitrogens is 2. The van der Waals surface area contributed by atoms with E-state index in [0.717, 1.165) is 36.5 Å². The molecule has 1 heterocycles. The van der Waals surface area contributed by atoms with Crippen molar-refractivity contribution >= 4 is 5.78 Å². The second kappa shape index (κ2) is 6.60. The van der Waals surface area contributed by atoms with Gasteiger partial charge in [0.05, 0.1) is 5.69 Å². The van der Waals surface area contributed by atoms with Gasteiger partial charge >= 0.3 is 12.1 Å². The highest BCUT2D eigenvalue weighted by molar-refractivity contribution is 5.95. The van der Waals surface area contributed by atoms with Crippen LogP contribution in [-0.2, 0) is 6.54 Å². The van der Waals surface area contributed by atoms with Gasteiger partial charge in [0.2, 0.25) is 5.88 Å². The zero-order valence-electron chi connectivity index (χ0n) is 14.1. The minimum atomic E-state index is -4.95. The van der Waals surface area contributed by atoms with E-state index in [4.69, 9.17) is 0 Å². The van der Waals surface area contributed by atoms with Gasteiger partial charge in [-0.15, -0.1) is 13.2 Å². The van der Waals surface area contributed by atoms with Crippen molar-refractivity contribution in [2.75, 3.05) is 0 Å². The molecule has 0 radical (unpaired) electrons. The number of hydrogen-bond acceptors (Lipinski definition) is 5. The molecule has 1 N–H and O–H groups in total. The molecular weight excluding hydrogens is 369 g/mol.